The van der Waals surface area contributed by atoms with Crippen molar-refractivity contribution < 1.29 is 48.1 Å². The molecule has 0 aliphatic carbocycles. The van der Waals surface area contributed by atoms with Gasteiger partial charge in [0.05, 0.1) is 28.4 Å². The molecule has 4 aromatic carbocycles. The summed E-state index contributed by atoms with van der Waals surface area (Å²) in [4.78, 5) is 0. The molecule has 0 atom stereocenters. The summed E-state index contributed by atoms with van der Waals surface area (Å²) in [6.07, 6.45) is 2.48. The third-order valence-corrected chi connectivity index (χ3v) is 7.90. The van der Waals surface area contributed by atoms with Crippen molar-refractivity contribution in [3.63, 3.8) is 0 Å². The Morgan fingerprint density at radius 2 is 0.886 bits per heavy atom. The van der Waals surface area contributed by atoms with Gasteiger partial charge in [-0.05, 0) is 108 Å². The van der Waals surface area contributed by atoms with Crippen molar-refractivity contribution in [1.29, 1.82) is 0 Å². The lowest BCUT2D eigenvalue weighted by atomic mass is 9.89. The molecule has 0 radical (unpaired) electrons. The van der Waals surface area contributed by atoms with E-state index in [1.54, 1.807) is 40.6 Å². The van der Waals surface area contributed by atoms with Crippen LogP contribution < -0.4 is 37.9 Å². The highest BCUT2D eigenvalue weighted by Gasteiger charge is 2.23. The summed E-state index contributed by atoms with van der Waals surface area (Å²) in [6.45, 7) is 0.167. The lowest BCUT2D eigenvalue weighted by molar-refractivity contribution is 0.171. The highest BCUT2D eigenvalue weighted by Crippen LogP contribution is 2.45. The van der Waals surface area contributed by atoms with E-state index in [-0.39, 0.29) is 25.1 Å². The van der Waals surface area contributed by atoms with Crippen molar-refractivity contribution in [3.05, 3.63) is 70.8 Å². The molecule has 4 aromatic rings. The molecule has 2 N–H and O–H groups in total. The van der Waals surface area contributed by atoms with Gasteiger partial charge in [0.1, 0.15) is 0 Å². The van der Waals surface area contributed by atoms with E-state index < -0.39 is 0 Å². The standard InChI is InChI=1S/C34H34O10/c1-37-27-13-21(7-5-19-9-25(35)33-31(11-19)41-17-43-33)23(15-29(27)39-3)24-16-30(40-4)28(38-2)14-22(24)8-6-20-10-26(36)34-32(12-20)42-18-44-34/h9-16,35-36H,5-8,17-18H2,1-4H3. The van der Waals surface area contributed by atoms with Crippen LogP contribution in [0.15, 0.2) is 48.5 Å². The second kappa shape index (κ2) is 12.2. The van der Waals surface area contributed by atoms with Gasteiger partial charge in [0.25, 0.3) is 0 Å². The van der Waals surface area contributed by atoms with Crippen molar-refractivity contribution in [2.45, 2.75) is 25.7 Å². The number of ether oxygens (including phenoxy) is 8. The van der Waals surface area contributed by atoms with Gasteiger partial charge in [-0.3, -0.25) is 0 Å². The van der Waals surface area contributed by atoms with Gasteiger partial charge in [-0.2, -0.15) is 0 Å². The van der Waals surface area contributed by atoms with Crippen LogP contribution in [0.25, 0.3) is 11.1 Å². The first-order chi connectivity index (χ1) is 21.4. The molecule has 0 saturated carbocycles. The lowest BCUT2D eigenvalue weighted by Crippen LogP contribution is -2.03. The Balaban J connectivity index is 1.40. The molecule has 0 spiro atoms. The van der Waals surface area contributed by atoms with Crippen LogP contribution in [0.3, 0.4) is 0 Å². The van der Waals surface area contributed by atoms with Gasteiger partial charge in [0.15, 0.2) is 46.0 Å². The van der Waals surface area contributed by atoms with Gasteiger partial charge in [-0.1, -0.05) is 0 Å². The van der Waals surface area contributed by atoms with Gasteiger partial charge in [-0.25, -0.2) is 0 Å². The smallest absolute Gasteiger partial charge is 0.231 e. The molecule has 6 rings (SSSR count). The summed E-state index contributed by atoms with van der Waals surface area (Å²) in [6, 6.07) is 15.1. The lowest BCUT2D eigenvalue weighted by Gasteiger charge is -2.20. The van der Waals surface area contributed by atoms with Crippen LogP contribution in [0.4, 0.5) is 0 Å². The largest absolute Gasteiger partial charge is 0.504 e. The van der Waals surface area contributed by atoms with Crippen molar-refractivity contribution in [1.82, 2.24) is 0 Å². The normalized spacial score (nSPS) is 12.7. The number of aryl methyl sites for hydroxylation is 4. The number of phenols is 2. The van der Waals surface area contributed by atoms with E-state index in [9.17, 15) is 10.2 Å². The highest BCUT2D eigenvalue weighted by atomic mass is 16.7. The van der Waals surface area contributed by atoms with Crippen molar-refractivity contribution in [3.8, 4) is 68.6 Å². The summed E-state index contributed by atoms with van der Waals surface area (Å²) in [5.74, 6) is 4.31. The van der Waals surface area contributed by atoms with Gasteiger partial charge in [-0.15, -0.1) is 0 Å². The van der Waals surface area contributed by atoms with Crippen LogP contribution in [0.2, 0.25) is 0 Å². The maximum atomic E-state index is 10.5. The van der Waals surface area contributed by atoms with Crippen LogP contribution in [0, 0.1) is 0 Å². The number of hydrogen-bond acceptors (Lipinski definition) is 10. The summed E-state index contributed by atoms with van der Waals surface area (Å²) in [5.41, 5.74) is 5.71. The average molecular weight is 603 g/mol. The van der Waals surface area contributed by atoms with E-state index in [0.717, 1.165) is 33.4 Å². The first-order valence-corrected chi connectivity index (χ1v) is 14.2. The molecule has 2 heterocycles. The van der Waals surface area contributed by atoms with E-state index in [1.807, 2.05) is 36.4 Å². The number of phenolic OH excluding ortho intramolecular Hbond substituents is 2. The Bertz CT molecular complexity index is 1570. The number of fused-ring (bicyclic) bond motifs is 2. The van der Waals surface area contributed by atoms with Crippen LogP contribution in [0.5, 0.6) is 57.5 Å². The van der Waals surface area contributed by atoms with Crippen LogP contribution in [-0.4, -0.2) is 52.2 Å². The molecule has 10 heteroatoms. The van der Waals surface area contributed by atoms with Crippen molar-refractivity contribution in [2.75, 3.05) is 42.0 Å². The second-order valence-corrected chi connectivity index (χ2v) is 10.4. The monoisotopic (exact) mass is 602 g/mol. The molecule has 44 heavy (non-hydrogen) atoms. The number of benzene rings is 4. The minimum Gasteiger partial charge on any atom is -0.504 e. The van der Waals surface area contributed by atoms with E-state index in [0.29, 0.717) is 71.7 Å². The molecule has 0 saturated heterocycles. The molecule has 0 unspecified atom stereocenters. The number of aromatic hydroxyl groups is 2. The predicted octanol–water partition coefficient (Wildman–Crippen LogP) is 5.83. The molecular formula is C34H34O10. The fraction of sp³-hybridized carbons (Fsp3) is 0.294. The first kappa shape index (κ1) is 29.0. The maximum Gasteiger partial charge on any atom is 0.231 e. The van der Waals surface area contributed by atoms with E-state index in [1.165, 1.54) is 0 Å². The number of hydrogen-bond donors (Lipinski definition) is 2. The fourth-order valence-electron chi connectivity index (χ4n) is 5.70. The van der Waals surface area contributed by atoms with Gasteiger partial charge >= 0.3 is 0 Å². The van der Waals surface area contributed by atoms with Crippen molar-refractivity contribution in [2.24, 2.45) is 0 Å². The zero-order valence-corrected chi connectivity index (χ0v) is 25.0. The topological polar surface area (TPSA) is 114 Å². The van der Waals surface area contributed by atoms with Gasteiger partial charge in [0, 0.05) is 0 Å². The zero-order valence-electron chi connectivity index (χ0n) is 25.0. The zero-order chi connectivity index (χ0) is 30.8. The molecule has 230 valence electrons. The Kier molecular flexibility index (Phi) is 8.06. The quantitative estimate of drug-likeness (QED) is 0.217. The number of rotatable bonds is 11. The van der Waals surface area contributed by atoms with E-state index >= 15 is 0 Å². The van der Waals surface area contributed by atoms with Gasteiger partial charge < -0.3 is 48.1 Å². The summed E-state index contributed by atoms with van der Waals surface area (Å²) in [7, 11) is 6.44. The van der Waals surface area contributed by atoms with Crippen LogP contribution in [0.1, 0.15) is 22.3 Å². The van der Waals surface area contributed by atoms with Crippen LogP contribution >= 0.6 is 0 Å². The molecule has 2 aliphatic rings. The Labute approximate surface area is 255 Å². The molecular weight excluding hydrogens is 568 g/mol. The van der Waals surface area contributed by atoms with E-state index in [2.05, 4.69) is 0 Å². The third-order valence-electron chi connectivity index (χ3n) is 7.90. The van der Waals surface area contributed by atoms with Gasteiger partial charge in [0.2, 0.25) is 25.1 Å². The predicted molar refractivity (Wildman–Crippen MR) is 161 cm³/mol. The SMILES string of the molecule is COc1cc(CCc2cc(O)c3c(c2)OCO3)c(-c2cc(OC)c(OC)cc2CCc2cc(O)c3c(c2)OCO3)cc1OC. The Hall–Kier alpha value is -5.12. The summed E-state index contributed by atoms with van der Waals surface area (Å²) in [5, 5.41) is 20.9. The molecule has 0 amide bonds. The molecule has 0 aromatic heterocycles. The second-order valence-electron chi connectivity index (χ2n) is 10.4. The molecule has 10 nitrogen and oxygen atoms in total. The first-order valence-electron chi connectivity index (χ1n) is 14.2. The summed E-state index contributed by atoms with van der Waals surface area (Å²) >= 11 is 0. The highest BCUT2D eigenvalue weighted by molar-refractivity contribution is 5.77. The maximum absolute atomic E-state index is 10.5. The fourth-order valence-corrected chi connectivity index (χ4v) is 5.70. The number of methoxy groups -OCH3 is 4. The summed E-state index contributed by atoms with van der Waals surface area (Å²) < 4.78 is 44.5. The third kappa shape index (κ3) is 5.50. The molecule has 0 fully saturated rings. The van der Waals surface area contributed by atoms with Crippen molar-refractivity contribution >= 4 is 0 Å². The average Bonchev–Trinajstić information content (AvgIpc) is 3.72. The Morgan fingerprint density at radius 3 is 1.27 bits per heavy atom. The minimum absolute atomic E-state index is 0.0549. The minimum atomic E-state index is 0.0549. The van der Waals surface area contributed by atoms with E-state index in [4.69, 9.17) is 37.9 Å². The Morgan fingerprint density at radius 1 is 0.500 bits per heavy atom. The molecule has 0 bridgehead atoms. The molecule has 2 aliphatic heterocycles. The van der Waals surface area contributed by atoms with Crippen LogP contribution in [-0.2, 0) is 25.7 Å².